The van der Waals surface area contributed by atoms with Crippen LogP contribution in [0.25, 0.3) is 0 Å². The Morgan fingerprint density at radius 1 is 1.43 bits per heavy atom. The van der Waals surface area contributed by atoms with E-state index in [9.17, 15) is 23.1 Å². The monoisotopic (exact) mass is 332 g/mol. The number of hydrogen-bond acceptors (Lipinski definition) is 3. The molecule has 2 amide bonds. The number of carbonyl (C=O) groups excluding carboxylic acids is 1. The van der Waals surface area contributed by atoms with Gasteiger partial charge in [0, 0.05) is 6.54 Å². The smallest absolute Gasteiger partial charge is 0.412 e. The van der Waals surface area contributed by atoms with Crippen molar-refractivity contribution in [2.75, 3.05) is 20.3 Å². The molecule has 1 aliphatic rings. The fourth-order valence-electron chi connectivity index (χ4n) is 2.65. The number of benzene rings is 1. The first kappa shape index (κ1) is 17.4. The number of hydrogen-bond donors (Lipinski definition) is 2. The molecule has 23 heavy (non-hydrogen) atoms. The van der Waals surface area contributed by atoms with E-state index in [-0.39, 0.29) is 12.2 Å². The maximum Gasteiger partial charge on any atom is 0.412 e. The Bertz CT molecular complexity index is 534. The van der Waals surface area contributed by atoms with Crippen molar-refractivity contribution in [3.63, 3.8) is 0 Å². The SMILES string of the molecule is COc1ccc(C(NC(=O)N2CCC[C@H]2CO)C(F)(F)F)cc1. The first-order valence-electron chi connectivity index (χ1n) is 7.25. The summed E-state index contributed by atoms with van der Waals surface area (Å²) in [5.41, 5.74) is -0.0774. The van der Waals surface area contributed by atoms with Crippen LogP contribution in [0, 0.1) is 0 Å². The van der Waals surface area contributed by atoms with Crippen LogP contribution in [-0.2, 0) is 0 Å². The summed E-state index contributed by atoms with van der Waals surface area (Å²) in [5, 5.41) is 11.2. The van der Waals surface area contributed by atoms with E-state index in [2.05, 4.69) is 0 Å². The predicted octanol–water partition coefficient (Wildman–Crippen LogP) is 2.46. The van der Waals surface area contributed by atoms with Gasteiger partial charge in [0.25, 0.3) is 0 Å². The van der Waals surface area contributed by atoms with Gasteiger partial charge in [0.15, 0.2) is 6.04 Å². The van der Waals surface area contributed by atoms with E-state index in [4.69, 9.17) is 4.74 Å². The van der Waals surface area contributed by atoms with Gasteiger partial charge in [0.05, 0.1) is 19.8 Å². The minimum absolute atomic E-state index is 0.0774. The molecule has 1 fully saturated rings. The zero-order valence-corrected chi connectivity index (χ0v) is 12.6. The van der Waals surface area contributed by atoms with Crippen molar-refractivity contribution in [2.24, 2.45) is 0 Å². The number of nitrogens with one attached hydrogen (secondary N) is 1. The molecular weight excluding hydrogens is 313 g/mol. The van der Waals surface area contributed by atoms with Crippen LogP contribution in [0.1, 0.15) is 24.4 Å². The zero-order chi connectivity index (χ0) is 17.0. The molecule has 0 spiro atoms. The molecule has 0 bridgehead atoms. The molecule has 1 unspecified atom stereocenters. The van der Waals surface area contributed by atoms with Crippen LogP contribution in [0.15, 0.2) is 24.3 Å². The molecule has 0 aliphatic carbocycles. The van der Waals surface area contributed by atoms with Gasteiger partial charge in [-0.2, -0.15) is 13.2 Å². The van der Waals surface area contributed by atoms with Crippen molar-refractivity contribution in [1.29, 1.82) is 0 Å². The van der Waals surface area contributed by atoms with E-state index in [0.717, 1.165) is 0 Å². The first-order valence-corrected chi connectivity index (χ1v) is 7.25. The van der Waals surface area contributed by atoms with Gasteiger partial charge in [-0.25, -0.2) is 4.79 Å². The molecule has 1 aromatic carbocycles. The lowest BCUT2D eigenvalue weighted by Gasteiger charge is -2.28. The lowest BCUT2D eigenvalue weighted by molar-refractivity contribution is -0.155. The summed E-state index contributed by atoms with van der Waals surface area (Å²) in [4.78, 5) is 13.4. The Morgan fingerprint density at radius 2 is 2.09 bits per heavy atom. The molecule has 0 radical (unpaired) electrons. The average molecular weight is 332 g/mol. The van der Waals surface area contributed by atoms with Gasteiger partial charge in [-0.3, -0.25) is 0 Å². The van der Waals surface area contributed by atoms with Crippen LogP contribution in [0.5, 0.6) is 5.75 Å². The predicted molar refractivity (Wildman–Crippen MR) is 77.1 cm³/mol. The lowest BCUT2D eigenvalue weighted by Crippen LogP contribution is -2.48. The topological polar surface area (TPSA) is 61.8 Å². The van der Waals surface area contributed by atoms with E-state index in [0.29, 0.717) is 25.1 Å². The molecule has 2 N–H and O–H groups in total. The lowest BCUT2D eigenvalue weighted by atomic mass is 10.1. The summed E-state index contributed by atoms with van der Waals surface area (Å²) in [5.74, 6) is 0.431. The standard InChI is InChI=1S/C15H19F3N2O3/c1-23-12-6-4-10(5-7-12)13(15(16,17)18)19-14(22)20-8-2-3-11(20)9-21/h4-7,11,13,21H,2-3,8-9H2,1H3,(H,19,22)/t11-,13?/m0/s1. The molecule has 2 rings (SSSR count). The van der Waals surface area contributed by atoms with Gasteiger partial charge in [-0.1, -0.05) is 12.1 Å². The Labute approximate surface area is 132 Å². The maximum absolute atomic E-state index is 13.3. The third-order valence-electron chi connectivity index (χ3n) is 3.89. The second-order valence-electron chi connectivity index (χ2n) is 5.37. The Balaban J connectivity index is 2.17. The van der Waals surface area contributed by atoms with Crippen LogP contribution in [0.2, 0.25) is 0 Å². The van der Waals surface area contributed by atoms with Gasteiger partial charge >= 0.3 is 12.2 Å². The van der Waals surface area contributed by atoms with Crippen LogP contribution in [-0.4, -0.2) is 48.5 Å². The van der Waals surface area contributed by atoms with E-state index in [1.165, 1.54) is 36.3 Å². The Morgan fingerprint density at radius 3 is 2.61 bits per heavy atom. The number of ether oxygens (including phenoxy) is 1. The van der Waals surface area contributed by atoms with Crippen LogP contribution in [0.3, 0.4) is 0 Å². The second kappa shape index (κ2) is 7.08. The number of carbonyl (C=O) groups is 1. The van der Waals surface area contributed by atoms with E-state index >= 15 is 0 Å². The van der Waals surface area contributed by atoms with E-state index in [1.807, 2.05) is 5.32 Å². The summed E-state index contributed by atoms with van der Waals surface area (Å²) < 4.78 is 44.8. The highest BCUT2D eigenvalue weighted by Gasteiger charge is 2.43. The van der Waals surface area contributed by atoms with Crippen LogP contribution in [0.4, 0.5) is 18.0 Å². The minimum Gasteiger partial charge on any atom is -0.497 e. The van der Waals surface area contributed by atoms with E-state index in [1.54, 1.807) is 0 Å². The van der Waals surface area contributed by atoms with Gasteiger partial charge in [-0.15, -0.1) is 0 Å². The summed E-state index contributed by atoms with van der Waals surface area (Å²) in [6.07, 6.45) is -3.38. The van der Waals surface area contributed by atoms with Crippen LogP contribution < -0.4 is 10.1 Å². The normalized spacial score (nSPS) is 19.5. The first-order chi connectivity index (χ1) is 10.9. The number of rotatable bonds is 4. The molecule has 128 valence electrons. The van der Waals surface area contributed by atoms with Gasteiger partial charge in [0.1, 0.15) is 5.75 Å². The molecule has 5 nitrogen and oxygen atoms in total. The van der Waals surface area contributed by atoms with Gasteiger partial charge < -0.3 is 20.1 Å². The van der Waals surface area contributed by atoms with Crippen molar-refractivity contribution < 1.29 is 27.8 Å². The number of amides is 2. The number of aliphatic hydroxyl groups excluding tert-OH is 1. The molecule has 1 aliphatic heterocycles. The average Bonchev–Trinajstić information content (AvgIpc) is 3.00. The Kier molecular flexibility index (Phi) is 5.35. The third-order valence-corrected chi connectivity index (χ3v) is 3.89. The van der Waals surface area contributed by atoms with Crippen molar-refractivity contribution in [2.45, 2.75) is 31.1 Å². The fourth-order valence-corrected chi connectivity index (χ4v) is 2.65. The summed E-state index contributed by atoms with van der Waals surface area (Å²) in [6, 6.07) is 2.00. The summed E-state index contributed by atoms with van der Waals surface area (Å²) in [7, 11) is 1.42. The number of likely N-dealkylation sites (tertiary alicyclic amines) is 1. The quantitative estimate of drug-likeness (QED) is 0.890. The minimum atomic E-state index is -4.63. The highest BCUT2D eigenvalue weighted by Crippen LogP contribution is 2.34. The molecule has 0 saturated carbocycles. The van der Waals surface area contributed by atoms with E-state index < -0.39 is 24.3 Å². The van der Waals surface area contributed by atoms with Gasteiger partial charge in [-0.05, 0) is 30.5 Å². The summed E-state index contributed by atoms with van der Waals surface area (Å²) >= 11 is 0. The zero-order valence-electron chi connectivity index (χ0n) is 12.6. The largest absolute Gasteiger partial charge is 0.497 e. The number of methoxy groups -OCH3 is 1. The summed E-state index contributed by atoms with van der Waals surface area (Å²) in [6.45, 7) is 0.0802. The van der Waals surface area contributed by atoms with Crippen molar-refractivity contribution in [3.05, 3.63) is 29.8 Å². The van der Waals surface area contributed by atoms with Crippen molar-refractivity contribution in [3.8, 4) is 5.75 Å². The number of alkyl halides is 3. The van der Waals surface area contributed by atoms with Crippen molar-refractivity contribution >= 4 is 6.03 Å². The molecule has 1 saturated heterocycles. The highest BCUT2D eigenvalue weighted by atomic mass is 19.4. The molecule has 1 heterocycles. The molecule has 1 aromatic rings. The molecule has 8 heteroatoms. The highest BCUT2D eigenvalue weighted by molar-refractivity contribution is 5.75. The van der Waals surface area contributed by atoms with Crippen molar-refractivity contribution in [1.82, 2.24) is 10.2 Å². The molecule has 2 atom stereocenters. The number of nitrogens with zero attached hydrogens (tertiary/aromatic N) is 1. The Hall–Kier alpha value is -1.96. The number of halogens is 3. The molecule has 0 aromatic heterocycles. The third kappa shape index (κ3) is 4.07. The second-order valence-corrected chi connectivity index (χ2v) is 5.37. The maximum atomic E-state index is 13.3. The molecular formula is C15H19F3N2O3. The fraction of sp³-hybridized carbons (Fsp3) is 0.533. The van der Waals surface area contributed by atoms with Crippen LogP contribution >= 0.6 is 0 Å². The van der Waals surface area contributed by atoms with Gasteiger partial charge in [0.2, 0.25) is 0 Å². The number of urea groups is 1. The number of aliphatic hydroxyl groups is 1.